The van der Waals surface area contributed by atoms with E-state index < -0.39 is 7.94 Å². The third-order valence-corrected chi connectivity index (χ3v) is 1.77. The zero-order valence-corrected chi connectivity index (χ0v) is 14.1. The van der Waals surface area contributed by atoms with Crippen LogP contribution in [0.25, 0.3) is 0 Å². The van der Waals surface area contributed by atoms with Crippen LogP contribution in [0.15, 0.2) is 0 Å². The fourth-order valence-corrected chi connectivity index (χ4v) is 1.34. The summed E-state index contributed by atoms with van der Waals surface area (Å²) in [6.45, 7) is 3.39. The SMILES string of the molecule is CC(C)C[P+]([O-])([O-])[O-].[K+].[K+]. The third kappa shape index (κ3) is 17.6. The summed E-state index contributed by atoms with van der Waals surface area (Å²) in [5, 5.41) is 0. The van der Waals surface area contributed by atoms with Gasteiger partial charge in [0.1, 0.15) is 0 Å². The molecule has 0 rings (SSSR count). The van der Waals surface area contributed by atoms with Crippen LogP contribution in [0, 0.1) is 5.92 Å². The molecule has 10 heavy (non-hydrogen) atoms. The van der Waals surface area contributed by atoms with E-state index in [0.717, 1.165) is 0 Å². The Morgan fingerprint density at radius 2 is 1.40 bits per heavy atom. The fraction of sp³-hybridized carbons (Fsp3) is 1.00. The van der Waals surface area contributed by atoms with Crippen molar-refractivity contribution in [2.45, 2.75) is 13.8 Å². The summed E-state index contributed by atoms with van der Waals surface area (Å²) < 4.78 is 0. The summed E-state index contributed by atoms with van der Waals surface area (Å²) in [5.74, 6) is -0.0455. The fourth-order valence-electron chi connectivity index (χ4n) is 0.447. The quantitative estimate of drug-likeness (QED) is 0.339. The van der Waals surface area contributed by atoms with E-state index in [4.69, 9.17) is 0 Å². The van der Waals surface area contributed by atoms with Crippen LogP contribution < -0.4 is 117 Å². The Kier molecular flexibility index (Phi) is 17.6. The van der Waals surface area contributed by atoms with Crippen LogP contribution in [0.5, 0.6) is 0 Å². The summed E-state index contributed by atoms with van der Waals surface area (Å²) in [4.78, 5) is 29.7. The molecule has 0 amide bonds. The van der Waals surface area contributed by atoms with Crippen LogP contribution in [-0.2, 0) is 0 Å². The van der Waals surface area contributed by atoms with Gasteiger partial charge in [0.25, 0.3) is 0 Å². The van der Waals surface area contributed by atoms with E-state index in [9.17, 15) is 14.7 Å². The molecule has 0 atom stereocenters. The standard InChI is InChI=1S/C4H11O3P.2K/c1-4(2)3-8(5,6)7;;/h4H,3H2,1-2H3,(H2,5,6,7);;/q;2*+1/p-2. The molecule has 0 aromatic heterocycles. The Morgan fingerprint density at radius 3 is 1.40 bits per heavy atom. The molecule has 50 valence electrons. The number of hydrogen-bond donors (Lipinski definition) is 0. The van der Waals surface area contributed by atoms with E-state index in [0.29, 0.717) is 0 Å². The van der Waals surface area contributed by atoms with Crippen LogP contribution in [0.4, 0.5) is 0 Å². The first-order chi connectivity index (χ1) is 3.42. The van der Waals surface area contributed by atoms with Gasteiger partial charge in [-0.3, -0.25) is 0 Å². The molecule has 0 heterocycles. The minimum Gasteiger partial charge on any atom is -0.688 e. The Morgan fingerprint density at radius 1 is 1.10 bits per heavy atom. The monoisotopic (exact) mass is 214 g/mol. The average Bonchev–Trinajstić information content (AvgIpc) is 1.21. The second kappa shape index (κ2) is 9.15. The summed E-state index contributed by atoms with van der Waals surface area (Å²) in [6.07, 6.45) is -0.229. The Bertz CT molecular complexity index is 73.4. The first-order valence-electron chi connectivity index (χ1n) is 2.43. The van der Waals surface area contributed by atoms with Crippen LogP contribution in [0.3, 0.4) is 0 Å². The zero-order chi connectivity index (χ0) is 6.78. The first-order valence-corrected chi connectivity index (χ1v) is 4.15. The topological polar surface area (TPSA) is 69.2 Å². The van der Waals surface area contributed by atoms with Crippen molar-refractivity contribution in [3.05, 3.63) is 0 Å². The molecule has 0 aliphatic carbocycles. The van der Waals surface area contributed by atoms with Crippen LogP contribution in [0.1, 0.15) is 13.8 Å². The Balaban J connectivity index is -0.000000245. The molecular formula is C4H9K2O3P. The van der Waals surface area contributed by atoms with Gasteiger partial charge in [-0.1, -0.05) is 13.8 Å². The van der Waals surface area contributed by atoms with E-state index >= 15 is 0 Å². The maximum Gasteiger partial charge on any atom is 1.00 e. The Labute approximate surface area is 147 Å². The smallest absolute Gasteiger partial charge is 0.688 e. The largest absolute Gasteiger partial charge is 1.00 e. The van der Waals surface area contributed by atoms with E-state index in [1.54, 1.807) is 13.8 Å². The summed E-state index contributed by atoms with van der Waals surface area (Å²) in [6, 6.07) is 0. The molecule has 0 aliphatic heterocycles. The van der Waals surface area contributed by atoms with Gasteiger partial charge in [0.05, 0.1) is 0 Å². The van der Waals surface area contributed by atoms with Gasteiger partial charge in [0.15, 0.2) is 0 Å². The second-order valence-electron chi connectivity index (χ2n) is 2.19. The summed E-state index contributed by atoms with van der Waals surface area (Å²) in [7, 11) is -4.22. The number of hydrogen-bond acceptors (Lipinski definition) is 3. The molecule has 0 aromatic rings. The van der Waals surface area contributed by atoms with E-state index in [1.807, 2.05) is 0 Å². The van der Waals surface area contributed by atoms with Crippen molar-refractivity contribution < 1.29 is 117 Å². The van der Waals surface area contributed by atoms with Gasteiger partial charge in [-0.05, 0) is 5.92 Å². The normalized spacial score (nSPS) is 10.2. The molecule has 0 N–H and O–H groups in total. The molecule has 0 saturated heterocycles. The summed E-state index contributed by atoms with van der Waals surface area (Å²) in [5.41, 5.74) is 0. The van der Waals surface area contributed by atoms with Crippen molar-refractivity contribution in [1.29, 1.82) is 0 Å². The molecule has 0 saturated carbocycles. The minimum atomic E-state index is -4.22. The maximum atomic E-state index is 9.91. The van der Waals surface area contributed by atoms with Gasteiger partial charge in [-0.25, -0.2) is 0 Å². The van der Waals surface area contributed by atoms with Crippen molar-refractivity contribution in [3.63, 3.8) is 0 Å². The molecule has 0 spiro atoms. The zero-order valence-electron chi connectivity index (χ0n) is 6.96. The molecule has 6 heteroatoms. The average molecular weight is 214 g/mol. The molecule has 0 fully saturated rings. The van der Waals surface area contributed by atoms with Crippen LogP contribution >= 0.6 is 7.94 Å². The molecule has 3 nitrogen and oxygen atoms in total. The van der Waals surface area contributed by atoms with Gasteiger partial charge < -0.3 is 14.7 Å². The Hall–Kier alpha value is 3.58. The predicted octanol–water partition coefficient (Wildman–Crippen LogP) is -7.51. The van der Waals surface area contributed by atoms with Gasteiger partial charge in [-0.15, -0.1) is 0 Å². The molecule has 0 radical (unpaired) electrons. The van der Waals surface area contributed by atoms with Gasteiger partial charge in [-0.2, -0.15) is 7.94 Å². The van der Waals surface area contributed by atoms with Crippen molar-refractivity contribution in [2.75, 3.05) is 6.16 Å². The van der Waals surface area contributed by atoms with Crippen LogP contribution in [0.2, 0.25) is 0 Å². The van der Waals surface area contributed by atoms with E-state index in [1.165, 1.54) is 0 Å². The van der Waals surface area contributed by atoms with Gasteiger partial charge in [0, 0.05) is 6.16 Å². The first kappa shape index (κ1) is 19.2. The molecule has 0 aliphatic rings. The molecule has 0 aromatic carbocycles. The van der Waals surface area contributed by atoms with Gasteiger partial charge in [0.2, 0.25) is 0 Å². The third-order valence-electron chi connectivity index (χ3n) is 0.589. The molecule has 0 bridgehead atoms. The second-order valence-corrected chi connectivity index (χ2v) is 3.77. The molecular weight excluding hydrogens is 205 g/mol. The minimum absolute atomic E-state index is 0. The van der Waals surface area contributed by atoms with Crippen molar-refractivity contribution >= 4 is 7.94 Å². The van der Waals surface area contributed by atoms with E-state index in [-0.39, 0.29) is 115 Å². The van der Waals surface area contributed by atoms with E-state index in [2.05, 4.69) is 0 Å². The van der Waals surface area contributed by atoms with Crippen molar-refractivity contribution in [1.82, 2.24) is 0 Å². The number of rotatable bonds is 2. The van der Waals surface area contributed by atoms with Crippen molar-refractivity contribution in [2.24, 2.45) is 5.92 Å². The predicted molar refractivity (Wildman–Crippen MR) is 26.6 cm³/mol. The van der Waals surface area contributed by atoms with Crippen LogP contribution in [-0.4, -0.2) is 6.16 Å². The molecule has 0 unspecified atom stereocenters. The maximum absolute atomic E-state index is 9.91. The summed E-state index contributed by atoms with van der Waals surface area (Å²) >= 11 is 0. The van der Waals surface area contributed by atoms with Crippen molar-refractivity contribution in [3.8, 4) is 0 Å². The van der Waals surface area contributed by atoms with Gasteiger partial charge >= 0.3 is 103 Å².